The summed E-state index contributed by atoms with van der Waals surface area (Å²) in [7, 11) is 1.65. The molecule has 4 heteroatoms. The maximum absolute atomic E-state index is 5.10. The minimum absolute atomic E-state index is 0.622. The summed E-state index contributed by atoms with van der Waals surface area (Å²) < 4.78 is 5.10. The predicted octanol–water partition coefficient (Wildman–Crippen LogP) is 2.00. The Hall–Kier alpha value is -1.16. The summed E-state index contributed by atoms with van der Waals surface area (Å²) in [5, 5.41) is 0. The summed E-state index contributed by atoms with van der Waals surface area (Å²) in [6, 6.07) is 5.75. The molecule has 0 aliphatic heterocycles. The number of hydrogen-bond donors (Lipinski definition) is 2. The zero-order valence-corrected chi connectivity index (χ0v) is 8.14. The highest BCUT2D eigenvalue weighted by molar-refractivity contribution is 7.79. The van der Waals surface area contributed by atoms with Gasteiger partial charge in [-0.2, -0.15) is 12.6 Å². The molecule has 2 aromatic rings. The molecule has 0 saturated carbocycles. The van der Waals surface area contributed by atoms with E-state index >= 15 is 0 Å². The van der Waals surface area contributed by atoms with Gasteiger partial charge in [0.15, 0.2) is 0 Å². The van der Waals surface area contributed by atoms with Crippen LogP contribution in [0.4, 0.5) is 0 Å². The van der Waals surface area contributed by atoms with Crippen LogP contribution in [0.2, 0.25) is 0 Å². The van der Waals surface area contributed by atoms with Crippen LogP contribution in [0.5, 0.6) is 5.75 Å². The highest BCUT2D eigenvalue weighted by Gasteiger charge is 2.01. The van der Waals surface area contributed by atoms with Gasteiger partial charge in [0.1, 0.15) is 11.6 Å². The fourth-order valence-electron chi connectivity index (χ4n) is 1.24. The predicted molar refractivity (Wildman–Crippen MR) is 55.3 cm³/mol. The first-order chi connectivity index (χ1) is 6.33. The first-order valence-electron chi connectivity index (χ1n) is 3.97. The molecule has 0 spiro atoms. The molecule has 0 aliphatic rings. The maximum atomic E-state index is 5.10. The average Bonchev–Trinajstić information content (AvgIpc) is 2.58. The van der Waals surface area contributed by atoms with Crippen molar-refractivity contribution in [2.24, 2.45) is 0 Å². The number of imidazole rings is 1. The van der Waals surface area contributed by atoms with Gasteiger partial charge in [-0.05, 0) is 12.1 Å². The third-order valence-electron chi connectivity index (χ3n) is 1.89. The fourth-order valence-corrected chi connectivity index (χ4v) is 1.39. The van der Waals surface area contributed by atoms with E-state index in [0.29, 0.717) is 5.75 Å². The second kappa shape index (κ2) is 3.30. The fraction of sp³-hybridized carbons (Fsp3) is 0.222. The number of nitrogens with zero attached hydrogens (tertiary/aromatic N) is 1. The van der Waals surface area contributed by atoms with Crippen molar-refractivity contribution in [3.05, 3.63) is 24.0 Å². The molecule has 3 nitrogen and oxygen atoms in total. The van der Waals surface area contributed by atoms with Crippen LogP contribution < -0.4 is 4.74 Å². The first kappa shape index (κ1) is 8.44. The molecule has 1 aromatic carbocycles. The number of benzene rings is 1. The van der Waals surface area contributed by atoms with Crippen LogP contribution in [0.1, 0.15) is 5.82 Å². The van der Waals surface area contributed by atoms with E-state index in [1.165, 1.54) is 0 Å². The van der Waals surface area contributed by atoms with Crippen molar-refractivity contribution in [3.8, 4) is 5.75 Å². The third-order valence-corrected chi connectivity index (χ3v) is 2.19. The van der Waals surface area contributed by atoms with Crippen molar-refractivity contribution >= 4 is 23.7 Å². The molecule has 1 heterocycles. The second-order valence-corrected chi connectivity index (χ2v) is 3.04. The Morgan fingerprint density at radius 3 is 3.08 bits per heavy atom. The molecular weight excluding hydrogens is 184 g/mol. The Morgan fingerprint density at radius 1 is 1.54 bits per heavy atom. The average molecular weight is 194 g/mol. The van der Waals surface area contributed by atoms with Crippen LogP contribution in [0.15, 0.2) is 18.2 Å². The lowest BCUT2D eigenvalue weighted by atomic mass is 10.3. The summed E-state index contributed by atoms with van der Waals surface area (Å²) in [4.78, 5) is 7.47. The highest BCUT2D eigenvalue weighted by atomic mass is 32.1. The Morgan fingerprint density at radius 2 is 2.38 bits per heavy atom. The van der Waals surface area contributed by atoms with Crippen LogP contribution in [0.3, 0.4) is 0 Å². The Labute approximate surface area is 81.5 Å². The molecule has 68 valence electrons. The number of nitrogens with one attached hydrogen (secondary N) is 1. The summed E-state index contributed by atoms with van der Waals surface area (Å²) in [5.74, 6) is 2.34. The zero-order chi connectivity index (χ0) is 9.26. The van der Waals surface area contributed by atoms with Gasteiger partial charge in [0.2, 0.25) is 0 Å². The van der Waals surface area contributed by atoms with Gasteiger partial charge in [-0.3, -0.25) is 0 Å². The lowest BCUT2D eigenvalue weighted by Gasteiger charge is -1.96. The van der Waals surface area contributed by atoms with Crippen molar-refractivity contribution < 1.29 is 4.74 Å². The molecule has 2 rings (SSSR count). The molecule has 0 amide bonds. The molecule has 0 bridgehead atoms. The van der Waals surface area contributed by atoms with E-state index in [9.17, 15) is 0 Å². The number of H-pyrrole nitrogens is 1. The SMILES string of the molecule is COc1ccc2nc(CS)[nH]c2c1. The smallest absolute Gasteiger partial charge is 0.121 e. The van der Waals surface area contributed by atoms with E-state index in [4.69, 9.17) is 4.74 Å². The van der Waals surface area contributed by atoms with Crippen molar-refractivity contribution in [1.29, 1.82) is 0 Å². The number of hydrogen-bond acceptors (Lipinski definition) is 3. The van der Waals surface area contributed by atoms with Gasteiger partial charge in [-0.15, -0.1) is 0 Å². The van der Waals surface area contributed by atoms with E-state index < -0.39 is 0 Å². The normalized spacial score (nSPS) is 10.6. The number of aromatic amines is 1. The third kappa shape index (κ3) is 1.49. The van der Waals surface area contributed by atoms with E-state index in [1.54, 1.807) is 7.11 Å². The lowest BCUT2D eigenvalue weighted by molar-refractivity contribution is 0.415. The Bertz CT molecular complexity index is 422. The van der Waals surface area contributed by atoms with E-state index in [2.05, 4.69) is 22.6 Å². The van der Waals surface area contributed by atoms with Crippen LogP contribution >= 0.6 is 12.6 Å². The number of ether oxygens (including phenoxy) is 1. The molecule has 0 aliphatic carbocycles. The van der Waals surface area contributed by atoms with Crippen LogP contribution in [-0.2, 0) is 5.75 Å². The minimum Gasteiger partial charge on any atom is -0.497 e. The topological polar surface area (TPSA) is 37.9 Å². The van der Waals surface area contributed by atoms with Crippen molar-refractivity contribution in [1.82, 2.24) is 9.97 Å². The van der Waals surface area contributed by atoms with Gasteiger partial charge < -0.3 is 9.72 Å². The number of aromatic nitrogens is 2. The van der Waals surface area contributed by atoms with Crippen molar-refractivity contribution in [2.45, 2.75) is 5.75 Å². The number of rotatable bonds is 2. The molecule has 13 heavy (non-hydrogen) atoms. The molecule has 0 fully saturated rings. The molecule has 0 atom stereocenters. The van der Waals surface area contributed by atoms with E-state index in [1.807, 2.05) is 18.2 Å². The van der Waals surface area contributed by atoms with Crippen molar-refractivity contribution in [3.63, 3.8) is 0 Å². The second-order valence-electron chi connectivity index (χ2n) is 2.72. The van der Waals surface area contributed by atoms with Gasteiger partial charge in [0.25, 0.3) is 0 Å². The minimum atomic E-state index is 0.622. The molecule has 0 saturated heterocycles. The van der Waals surface area contributed by atoms with Gasteiger partial charge in [-0.25, -0.2) is 4.98 Å². The summed E-state index contributed by atoms with van der Waals surface area (Å²) in [6.07, 6.45) is 0. The number of methoxy groups -OCH3 is 1. The molecular formula is C9H10N2OS. The van der Waals surface area contributed by atoms with Gasteiger partial charge >= 0.3 is 0 Å². The molecule has 1 aromatic heterocycles. The van der Waals surface area contributed by atoms with Gasteiger partial charge in [0.05, 0.1) is 18.1 Å². The summed E-state index contributed by atoms with van der Waals surface area (Å²) in [6.45, 7) is 0. The largest absolute Gasteiger partial charge is 0.497 e. The number of fused-ring (bicyclic) bond motifs is 1. The first-order valence-corrected chi connectivity index (χ1v) is 4.60. The van der Waals surface area contributed by atoms with Crippen LogP contribution in [-0.4, -0.2) is 17.1 Å². The van der Waals surface area contributed by atoms with Gasteiger partial charge in [-0.1, -0.05) is 0 Å². The standard InChI is InChI=1S/C9H10N2OS/c1-12-6-2-3-7-8(4-6)11-9(5-13)10-7/h2-4,13H,5H2,1H3,(H,10,11). The molecule has 0 unspecified atom stereocenters. The lowest BCUT2D eigenvalue weighted by Crippen LogP contribution is -1.81. The van der Waals surface area contributed by atoms with E-state index in [0.717, 1.165) is 22.6 Å². The van der Waals surface area contributed by atoms with Crippen molar-refractivity contribution in [2.75, 3.05) is 7.11 Å². The zero-order valence-electron chi connectivity index (χ0n) is 7.24. The van der Waals surface area contributed by atoms with Gasteiger partial charge in [0, 0.05) is 11.8 Å². The Kier molecular flexibility index (Phi) is 2.14. The molecule has 0 radical (unpaired) electrons. The number of thiol groups is 1. The quantitative estimate of drug-likeness (QED) is 0.717. The maximum Gasteiger partial charge on any atom is 0.121 e. The van der Waals surface area contributed by atoms with Crippen LogP contribution in [0, 0.1) is 0 Å². The van der Waals surface area contributed by atoms with E-state index in [-0.39, 0.29) is 0 Å². The summed E-state index contributed by atoms with van der Waals surface area (Å²) in [5.41, 5.74) is 1.94. The Balaban J connectivity index is 2.57. The molecule has 1 N–H and O–H groups in total. The monoisotopic (exact) mass is 194 g/mol. The van der Waals surface area contributed by atoms with Crippen LogP contribution in [0.25, 0.3) is 11.0 Å². The highest BCUT2D eigenvalue weighted by Crippen LogP contribution is 2.18. The summed E-state index contributed by atoms with van der Waals surface area (Å²) >= 11 is 4.14.